The Balaban J connectivity index is 2.25. The summed E-state index contributed by atoms with van der Waals surface area (Å²) in [6.07, 6.45) is 0.297. The summed E-state index contributed by atoms with van der Waals surface area (Å²) >= 11 is 0. The zero-order valence-corrected chi connectivity index (χ0v) is 12.1. The van der Waals surface area contributed by atoms with Crippen LogP contribution in [0.5, 0.6) is 0 Å². The highest BCUT2D eigenvalue weighted by Gasteiger charge is 2.22. The van der Waals surface area contributed by atoms with E-state index in [1.165, 1.54) is 7.11 Å². The zero-order valence-electron chi connectivity index (χ0n) is 12.1. The van der Waals surface area contributed by atoms with Crippen LogP contribution in [0, 0.1) is 0 Å². The number of methoxy groups -OCH3 is 1. The highest BCUT2D eigenvalue weighted by molar-refractivity contribution is 5.81. The van der Waals surface area contributed by atoms with E-state index in [9.17, 15) is 14.4 Å². The molecule has 7 heteroatoms. The molecule has 1 aliphatic rings. The van der Waals surface area contributed by atoms with Gasteiger partial charge in [0.2, 0.25) is 5.91 Å². The predicted molar refractivity (Wildman–Crippen MR) is 70.9 cm³/mol. The molecule has 0 radical (unpaired) electrons. The zero-order chi connectivity index (χ0) is 15.0. The first-order valence-electron chi connectivity index (χ1n) is 6.79. The SMILES string of the molecule is CCOC(=O)CCC(=O)N1CCN(CC(=O)OC)CC1. The predicted octanol–water partition coefficient (Wildman–Crippen LogP) is -0.353. The molecule has 0 saturated carbocycles. The largest absolute Gasteiger partial charge is 0.468 e. The molecule has 1 rings (SSSR count). The molecule has 0 aliphatic carbocycles. The van der Waals surface area contributed by atoms with Gasteiger partial charge in [-0.05, 0) is 6.92 Å². The summed E-state index contributed by atoms with van der Waals surface area (Å²) in [6.45, 7) is 4.73. The molecule has 1 saturated heterocycles. The number of piperazine rings is 1. The average Bonchev–Trinajstić information content (AvgIpc) is 2.45. The Kier molecular flexibility index (Phi) is 7.00. The minimum absolute atomic E-state index is 0.0456. The van der Waals surface area contributed by atoms with Gasteiger partial charge in [-0.25, -0.2) is 0 Å². The van der Waals surface area contributed by atoms with E-state index in [0.29, 0.717) is 32.8 Å². The fraction of sp³-hybridized carbons (Fsp3) is 0.769. The molecule has 1 aliphatic heterocycles. The van der Waals surface area contributed by atoms with E-state index in [0.717, 1.165) is 0 Å². The molecular weight excluding hydrogens is 264 g/mol. The van der Waals surface area contributed by atoms with Crippen LogP contribution in [0.4, 0.5) is 0 Å². The summed E-state index contributed by atoms with van der Waals surface area (Å²) in [7, 11) is 1.36. The number of rotatable bonds is 6. The maximum atomic E-state index is 11.9. The van der Waals surface area contributed by atoms with Gasteiger partial charge in [0.15, 0.2) is 0 Å². The number of ether oxygens (including phenoxy) is 2. The maximum Gasteiger partial charge on any atom is 0.319 e. The van der Waals surface area contributed by atoms with Gasteiger partial charge in [0.05, 0.1) is 26.7 Å². The van der Waals surface area contributed by atoms with E-state index in [1.807, 2.05) is 4.90 Å². The monoisotopic (exact) mass is 286 g/mol. The molecule has 1 heterocycles. The van der Waals surface area contributed by atoms with E-state index in [4.69, 9.17) is 4.74 Å². The molecule has 7 nitrogen and oxygen atoms in total. The molecule has 0 spiro atoms. The lowest BCUT2D eigenvalue weighted by atomic mass is 10.2. The van der Waals surface area contributed by atoms with Crippen molar-refractivity contribution in [2.24, 2.45) is 0 Å². The molecule has 0 aromatic rings. The number of carbonyl (C=O) groups is 3. The van der Waals surface area contributed by atoms with E-state index in [2.05, 4.69) is 4.74 Å². The lowest BCUT2D eigenvalue weighted by molar-refractivity contribution is -0.146. The average molecular weight is 286 g/mol. The Morgan fingerprint density at radius 3 is 2.20 bits per heavy atom. The van der Waals surface area contributed by atoms with Gasteiger partial charge >= 0.3 is 11.9 Å². The van der Waals surface area contributed by atoms with Gasteiger partial charge in [-0.3, -0.25) is 19.3 Å². The molecule has 0 aromatic heterocycles. The molecule has 1 amide bonds. The van der Waals surface area contributed by atoms with Crippen LogP contribution >= 0.6 is 0 Å². The second kappa shape index (κ2) is 8.52. The van der Waals surface area contributed by atoms with Gasteiger partial charge in [-0.1, -0.05) is 0 Å². The third kappa shape index (κ3) is 5.56. The van der Waals surface area contributed by atoms with Gasteiger partial charge in [-0.2, -0.15) is 0 Å². The van der Waals surface area contributed by atoms with Gasteiger partial charge in [0.1, 0.15) is 0 Å². The Bertz CT molecular complexity index is 351. The van der Waals surface area contributed by atoms with Crippen LogP contribution in [0.25, 0.3) is 0 Å². The highest BCUT2D eigenvalue weighted by atomic mass is 16.5. The van der Waals surface area contributed by atoms with E-state index < -0.39 is 0 Å². The lowest BCUT2D eigenvalue weighted by Crippen LogP contribution is -2.50. The molecule has 1 fully saturated rings. The number of hydrogen-bond donors (Lipinski definition) is 0. The minimum Gasteiger partial charge on any atom is -0.468 e. The van der Waals surface area contributed by atoms with Crippen LogP contribution in [0.3, 0.4) is 0 Å². The van der Waals surface area contributed by atoms with Gasteiger partial charge in [0, 0.05) is 32.6 Å². The summed E-state index contributed by atoms with van der Waals surface area (Å²) in [5, 5.41) is 0. The molecule has 0 atom stereocenters. The van der Waals surface area contributed by atoms with Crippen molar-refractivity contribution in [3.63, 3.8) is 0 Å². The standard InChI is InChI=1S/C13H22N2O5/c1-3-20-12(17)5-4-11(16)15-8-6-14(7-9-15)10-13(18)19-2/h3-10H2,1-2H3. The fourth-order valence-corrected chi connectivity index (χ4v) is 2.00. The van der Waals surface area contributed by atoms with Gasteiger partial charge in [0.25, 0.3) is 0 Å². The van der Waals surface area contributed by atoms with Crippen LogP contribution in [-0.4, -0.2) is 74.1 Å². The molecular formula is C13H22N2O5. The number of hydrogen-bond acceptors (Lipinski definition) is 6. The van der Waals surface area contributed by atoms with Crippen LogP contribution in [0.15, 0.2) is 0 Å². The smallest absolute Gasteiger partial charge is 0.319 e. The van der Waals surface area contributed by atoms with Crippen molar-refractivity contribution in [3.8, 4) is 0 Å². The molecule has 114 valence electrons. The minimum atomic E-state index is -0.342. The fourth-order valence-electron chi connectivity index (χ4n) is 2.00. The van der Waals surface area contributed by atoms with Crippen LogP contribution in [-0.2, 0) is 23.9 Å². The van der Waals surface area contributed by atoms with E-state index in [-0.39, 0.29) is 37.2 Å². The molecule has 0 bridgehead atoms. The molecule has 0 aromatic carbocycles. The van der Waals surface area contributed by atoms with Crippen LogP contribution < -0.4 is 0 Å². The van der Waals surface area contributed by atoms with E-state index in [1.54, 1.807) is 11.8 Å². The second-order valence-corrected chi connectivity index (χ2v) is 4.54. The molecule has 0 N–H and O–H groups in total. The molecule has 0 unspecified atom stereocenters. The van der Waals surface area contributed by atoms with Gasteiger partial charge in [-0.15, -0.1) is 0 Å². The number of esters is 2. The van der Waals surface area contributed by atoms with Crippen molar-refractivity contribution in [2.45, 2.75) is 19.8 Å². The summed E-state index contributed by atoms with van der Waals surface area (Å²) in [5.74, 6) is -0.659. The lowest BCUT2D eigenvalue weighted by Gasteiger charge is -2.34. The van der Waals surface area contributed by atoms with Crippen molar-refractivity contribution in [1.82, 2.24) is 9.80 Å². The summed E-state index contributed by atoms with van der Waals surface area (Å²) in [5.41, 5.74) is 0. The Hall–Kier alpha value is -1.63. The van der Waals surface area contributed by atoms with Crippen molar-refractivity contribution < 1.29 is 23.9 Å². The van der Waals surface area contributed by atoms with Crippen LogP contribution in [0.1, 0.15) is 19.8 Å². The normalized spacial score (nSPS) is 15.8. The third-order valence-electron chi connectivity index (χ3n) is 3.15. The summed E-state index contributed by atoms with van der Waals surface area (Å²) in [6, 6.07) is 0. The topological polar surface area (TPSA) is 76.2 Å². The van der Waals surface area contributed by atoms with E-state index >= 15 is 0 Å². The number of amides is 1. The van der Waals surface area contributed by atoms with Crippen molar-refractivity contribution >= 4 is 17.8 Å². The van der Waals surface area contributed by atoms with Crippen molar-refractivity contribution in [1.29, 1.82) is 0 Å². The number of carbonyl (C=O) groups excluding carboxylic acids is 3. The second-order valence-electron chi connectivity index (χ2n) is 4.54. The van der Waals surface area contributed by atoms with Crippen molar-refractivity contribution in [3.05, 3.63) is 0 Å². The first-order chi connectivity index (χ1) is 9.56. The third-order valence-corrected chi connectivity index (χ3v) is 3.15. The Labute approximate surface area is 118 Å². The molecule has 20 heavy (non-hydrogen) atoms. The maximum absolute atomic E-state index is 11.9. The quantitative estimate of drug-likeness (QED) is 0.621. The van der Waals surface area contributed by atoms with Crippen LogP contribution in [0.2, 0.25) is 0 Å². The Morgan fingerprint density at radius 1 is 1.00 bits per heavy atom. The number of nitrogens with zero attached hydrogens (tertiary/aromatic N) is 2. The highest BCUT2D eigenvalue weighted by Crippen LogP contribution is 2.06. The summed E-state index contributed by atoms with van der Waals surface area (Å²) < 4.78 is 9.39. The van der Waals surface area contributed by atoms with Gasteiger partial charge < -0.3 is 14.4 Å². The summed E-state index contributed by atoms with van der Waals surface area (Å²) in [4.78, 5) is 37.9. The first-order valence-corrected chi connectivity index (χ1v) is 6.79. The van der Waals surface area contributed by atoms with Crippen molar-refractivity contribution in [2.75, 3.05) is 46.4 Å². The first kappa shape index (κ1) is 16.4. The Morgan fingerprint density at radius 2 is 1.65 bits per heavy atom.